The molecule has 22 heavy (non-hydrogen) atoms. The predicted octanol–water partition coefficient (Wildman–Crippen LogP) is 2.46. The van der Waals surface area contributed by atoms with Crippen molar-refractivity contribution in [3.63, 3.8) is 0 Å². The first-order valence-corrected chi connectivity index (χ1v) is 7.58. The molecule has 3 N–H and O–H groups in total. The Balaban J connectivity index is 1.83. The Labute approximate surface area is 129 Å². The molecule has 1 fully saturated rings. The lowest BCUT2D eigenvalue weighted by Crippen LogP contribution is -2.37. The average molecular weight is 312 g/mol. The summed E-state index contributed by atoms with van der Waals surface area (Å²) in [5, 5.41) is 2.88. The fraction of sp³-hybridized carbons (Fsp3) is 0.562. The van der Waals surface area contributed by atoms with E-state index in [4.69, 9.17) is 10.5 Å². The Morgan fingerprint density at radius 1 is 1.41 bits per heavy atom. The van der Waals surface area contributed by atoms with Gasteiger partial charge in [0.05, 0.1) is 0 Å². The second-order valence-electron chi connectivity index (χ2n) is 5.69. The summed E-state index contributed by atoms with van der Waals surface area (Å²) < 4.78 is 29.2. The molecular formula is C16H22F2N2O2. The van der Waals surface area contributed by atoms with Crippen LogP contribution in [0.2, 0.25) is 0 Å². The molecule has 2 rings (SSSR count). The summed E-state index contributed by atoms with van der Waals surface area (Å²) in [6.07, 6.45) is 1.06. The molecule has 0 heterocycles. The molecule has 1 aromatic rings. The summed E-state index contributed by atoms with van der Waals surface area (Å²) in [5.41, 5.74) is 6.71. The quantitative estimate of drug-likeness (QED) is 0.848. The van der Waals surface area contributed by atoms with Crippen molar-refractivity contribution in [3.8, 4) is 5.75 Å². The molecule has 1 aliphatic rings. The SMILES string of the molecule is NC1CCCC(C(=O)NCc2cccc(OCC(F)F)c2)C1. The molecule has 0 aliphatic heterocycles. The minimum Gasteiger partial charge on any atom is -0.488 e. The monoisotopic (exact) mass is 312 g/mol. The number of carbonyl (C=O) groups is 1. The number of alkyl halides is 2. The topological polar surface area (TPSA) is 64.4 Å². The Kier molecular flexibility index (Phi) is 6.12. The maximum Gasteiger partial charge on any atom is 0.272 e. The number of ether oxygens (including phenoxy) is 1. The van der Waals surface area contributed by atoms with Gasteiger partial charge in [-0.25, -0.2) is 8.78 Å². The van der Waals surface area contributed by atoms with E-state index in [-0.39, 0.29) is 17.9 Å². The maximum absolute atomic E-state index is 12.1. The zero-order valence-corrected chi connectivity index (χ0v) is 12.4. The normalized spacial score (nSPS) is 21.6. The molecule has 0 saturated heterocycles. The van der Waals surface area contributed by atoms with Crippen LogP contribution in [-0.4, -0.2) is 25.0 Å². The zero-order valence-electron chi connectivity index (χ0n) is 12.4. The van der Waals surface area contributed by atoms with Crippen LogP contribution in [0.1, 0.15) is 31.2 Å². The molecule has 1 saturated carbocycles. The first kappa shape index (κ1) is 16.7. The number of halogens is 2. The molecule has 2 unspecified atom stereocenters. The lowest BCUT2D eigenvalue weighted by molar-refractivity contribution is -0.126. The fourth-order valence-electron chi connectivity index (χ4n) is 2.70. The predicted molar refractivity (Wildman–Crippen MR) is 79.7 cm³/mol. The molecule has 0 spiro atoms. The number of carbonyl (C=O) groups excluding carboxylic acids is 1. The van der Waals surface area contributed by atoms with Crippen molar-refractivity contribution in [1.82, 2.24) is 5.32 Å². The van der Waals surface area contributed by atoms with E-state index in [0.29, 0.717) is 12.3 Å². The standard InChI is InChI=1S/C16H22F2N2O2/c17-15(18)10-22-14-6-1-3-11(7-14)9-20-16(21)12-4-2-5-13(19)8-12/h1,3,6-7,12-13,15H,2,4-5,8-10,19H2,(H,20,21). The number of rotatable bonds is 6. The number of nitrogens with two attached hydrogens (primary N) is 1. The van der Waals surface area contributed by atoms with Gasteiger partial charge in [0.1, 0.15) is 12.4 Å². The van der Waals surface area contributed by atoms with Gasteiger partial charge in [0.2, 0.25) is 5.91 Å². The van der Waals surface area contributed by atoms with E-state index in [1.54, 1.807) is 18.2 Å². The number of benzene rings is 1. The molecule has 0 bridgehead atoms. The Morgan fingerprint density at radius 3 is 2.95 bits per heavy atom. The van der Waals surface area contributed by atoms with Crippen molar-refractivity contribution < 1.29 is 18.3 Å². The molecule has 1 aliphatic carbocycles. The van der Waals surface area contributed by atoms with Gasteiger partial charge < -0.3 is 15.8 Å². The summed E-state index contributed by atoms with van der Waals surface area (Å²) in [5.74, 6) is 0.364. The second-order valence-corrected chi connectivity index (χ2v) is 5.69. The summed E-state index contributed by atoms with van der Waals surface area (Å²) in [7, 11) is 0. The van der Waals surface area contributed by atoms with Crippen LogP contribution in [0.3, 0.4) is 0 Å². The fourth-order valence-corrected chi connectivity index (χ4v) is 2.70. The van der Waals surface area contributed by atoms with Gasteiger partial charge in [-0.15, -0.1) is 0 Å². The van der Waals surface area contributed by atoms with Gasteiger partial charge in [-0.05, 0) is 37.0 Å². The minimum atomic E-state index is -2.50. The average Bonchev–Trinajstić information content (AvgIpc) is 2.51. The third-order valence-corrected chi connectivity index (χ3v) is 3.83. The smallest absolute Gasteiger partial charge is 0.272 e. The van der Waals surface area contributed by atoms with Crippen LogP contribution in [0.25, 0.3) is 0 Å². The maximum atomic E-state index is 12.1. The van der Waals surface area contributed by atoms with Crippen LogP contribution < -0.4 is 15.8 Å². The second kappa shape index (κ2) is 8.08. The molecule has 0 radical (unpaired) electrons. The van der Waals surface area contributed by atoms with Crippen molar-refractivity contribution in [2.45, 2.75) is 44.7 Å². The van der Waals surface area contributed by atoms with Gasteiger partial charge in [-0.3, -0.25) is 4.79 Å². The van der Waals surface area contributed by atoms with Crippen LogP contribution in [0.15, 0.2) is 24.3 Å². The third-order valence-electron chi connectivity index (χ3n) is 3.83. The van der Waals surface area contributed by atoms with Gasteiger partial charge in [-0.2, -0.15) is 0 Å². The highest BCUT2D eigenvalue weighted by Crippen LogP contribution is 2.23. The van der Waals surface area contributed by atoms with Crippen LogP contribution >= 0.6 is 0 Å². The Morgan fingerprint density at radius 2 is 2.23 bits per heavy atom. The van der Waals surface area contributed by atoms with E-state index < -0.39 is 13.0 Å². The van der Waals surface area contributed by atoms with E-state index >= 15 is 0 Å². The molecule has 4 nitrogen and oxygen atoms in total. The van der Waals surface area contributed by atoms with Crippen LogP contribution in [-0.2, 0) is 11.3 Å². The first-order valence-electron chi connectivity index (χ1n) is 7.58. The van der Waals surface area contributed by atoms with E-state index in [1.807, 2.05) is 6.07 Å². The number of hydrogen-bond acceptors (Lipinski definition) is 3. The highest BCUT2D eigenvalue weighted by atomic mass is 19.3. The lowest BCUT2D eigenvalue weighted by Gasteiger charge is -2.25. The number of hydrogen-bond donors (Lipinski definition) is 2. The van der Waals surface area contributed by atoms with Gasteiger partial charge in [-0.1, -0.05) is 18.6 Å². The first-order chi connectivity index (χ1) is 10.5. The Bertz CT molecular complexity index is 497. The van der Waals surface area contributed by atoms with E-state index in [1.165, 1.54) is 0 Å². The molecule has 0 aromatic heterocycles. The van der Waals surface area contributed by atoms with E-state index in [0.717, 1.165) is 31.2 Å². The zero-order chi connectivity index (χ0) is 15.9. The van der Waals surface area contributed by atoms with Crippen molar-refractivity contribution >= 4 is 5.91 Å². The summed E-state index contributed by atoms with van der Waals surface area (Å²) in [6.45, 7) is -0.272. The van der Waals surface area contributed by atoms with Gasteiger partial charge in [0.15, 0.2) is 0 Å². The molecule has 1 aromatic carbocycles. The van der Waals surface area contributed by atoms with Crippen LogP contribution in [0, 0.1) is 5.92 Å². The number of amides is 1. The lowest BCUT2D eigenvalue weighted by atomic mass is 9.85. The van der Waals surface area contributed by atoms with Gasteiger partial charge >= 0.3 is 0 Å². The Hall–Kier alpha value is -1.69. The van der Waals surface area contributed by atoms with E-state index in [2.05, 4.69) is 5.32 Å². The van der Waals surface area contributed by atoms with E-state index in [9.17, 15) is 13.6 Å². The highest BCUT2D eigenvalue weighted by molar-refractivity contribution is 5.78. The molecule has 122 valence electrons. The minimum absolute atomic E-state index is 0.00838. The molecule has 6 heteroatoms. The van der Waals surface area contributed by atoms with Crippen molar-refractivity contribution in [1.29, 1.82) is 0 Å². The third kappa shape index (κ3) is 5.26. The van der Waals surface area contributed by atoms with Crippen LogP contribution in [0.5, 0.6) is 5.75 Å². The largest absolute Gasteiger partial charge is 0.488 e. The number of nitrogens with one attached hydrogen (secondary N) is 1. The summed E-state index contributed by atoms with van der Waals surface area (Å²) in [4.78, 5) is 12.1. The van der Waals surface area contributed by atoms with Crippen molar-refractivity contribution in [3.05, 3.63) is 29.8 Å². The van der Waals surface area contributed by atoms with Crippen LogP contribution in [0.4, 0.5) is 8.78 Å². The summed E-state index contributed by atoms with van der Waals surface area (Å²) in [6, 6.07) is 6.93. The molecular weight excluding hydrogens is 290 g/mol. The van der Waals surface area contributed by atoms with Gasteiger partial charge in [0.25, 0.3) is 6.43 Å². The van der Waals surface area contributed by atoms with Gasteiger partial charge in [0, 0.05) is 18.5 Å². The molecule has 1 amide bonds. The highest BCUT2D eigenvalue weighted by Gasteiger charge is 2.24. The van der Waals surface area contributed by atoms with Crippen molar-refractivity contribution in [2.75, 3.05) is 6.61 Å². The molecule has 2 atom stereocenters. The summed E-state index contributed by atoms with van der Waals surface area (Å²) >= 11 is 0. The van der Waals surface area contributed by atoms with Crippen molar-refractivity contribution in [2.24, 2.45) is 11.7 Å².